The predicted octanol–water partition coefficient (Wildman–Crippen LogP) is 4.14. The van der Waals surface area contributed by atoms with Gasteiger partial charge in [0, 0.05) is 5.92 Å². The second-order valence-electron chi connectivity index (χ2n) is 5.65. The summed E-state index contributed by atoms with van der Waals surface area (Å²) in [6, 6.07) is 0. The van der Waals surface area contributed by atoms with E-state index in [2.05, 4.69) is 5.32 Å². The molecule has 4 nitrogen and oxygen atoms in total. The summed E-state index contributed by atoms with van der Waals surface area (Å²) in [4.78, 5) is 24.7. The Hall–Kier alpha value is -1.36. The van der Waals surface area contributed by atoms with Crippen molar-refractivity contribution in [2.75, 3.05) is 12.4 Å². The number of esters is 1. The average Bonchev–Trinajstić information content (AvgIpc) is 2.79. The van der Waals surface area contributed by atoms with Crippen molar-refractivity contribution in [2.45, 2.75) is 51.9 Å². The zero-order valence-corrected chi connectivity index (χ0v) is 13.6. The van der Waals surface area contributed by atoms with Crippen LogP contribution in [0.1, 0.15) is 60.2 Å². The van der Waals surface area contributed by atoms with E-state index in [9.17, 15) is 9.59 Å². The van der Waals surface area contributed by atoms with Gasteiger partial charge >= 0.3 is 5.97 Å². The van der Waals surface area contributed by atoms with Gasteiger partial charge in [-0.25, -0.2) is 4.79 Å². The topological polar surface area (TPSA) is 55.4 Å². The van der Waals surface area contributed by atoms with Crippen LogP contribution in [-0.4, -0.2) is 19.0 Å². The van der Waals surface area contributed by atoms with Crippen LogP contribution in [0.3, 0.4) is 0 Å². The number of hydrogen-bond acceptors (Lipinski definition) is 4. The van der Waals surface area contributed by atoms with Crippen molar-refractivity contribution >= 4 is 28.9 Å². The second-order valence-corrected chi connectivity index (χ2v) is 6.53. The fourth-order valence-corrected chi connectivity index (χ4v) is 3.71. The van der Waals surface area contributed by atoms with E-state index in [0.29, 0.717) is 10.6 Å². The summed E-state index contributed by atoms with van der Waals surface area (Å²) in [7, 11) is 1.36. The molecule has 1 aromatic rings. The van der Waals surface area contributed by atoms with Crippen molar-refractivity contribution in [1.82, 2.24) is 0 Å². The number of nitrogens with one attached hydrogen (secondary N) is 1. The van der Waals surface area contributed by atoms with Crippen LogP contribution in [0.15, 0.2) is 5.38 Å². The first-order valence-electron chi connectivity index (χ1n) is 7.60. The molecule has 1 N–H and O–H groups in total. The lowest BCUT2D eigenvalue weighted by atomic mass is 9.90. The fourth-order valence-electron chi connectivity index (χ4n) is 2.79. The van der Waals surface area contributed by atoms with Gasteiger partial charge in [-0.2, -0.15) is 0 Å². The maximum absolute atomic E-state index is 12.5. The third-order valence-corrected chi connectivity index (χ3v) is 5.15. The molecule has 0 bridgehead atoms. The van der Waals surface area contributed by atoms with Crippen LogP contribution in [0.2, 0.25) is 0 Å². The van der Waals surface area contributed by atoms with Crippen LogP contribution in [0, 0.1) is 12.8 Å². The van der Waals surface area contributed by atoms with Crippen molar-refractivity contribution in [3.05, 3.63) is 15.8 Å². The number of carbonyl (C=O) groups is 2. The highest BCUT2D eigenvalue weighted by molar-refractivity contribution is 7.12. The number of thiophene rings is 1. The lowest BCUT2D eigenvalue weighted by Crippen LogP contribution is -2.24. The number of aryl methyl sites for hydroxylation is 1. The molecule has 0 saturated heterocycles. The minimum atomic E-state index is -0.388. The molecule has 1 heterocycles. The standard InChI is InChI=1S/C16H23NO3S/c1-11-10-21-14(16(19)20-2)13(11)17-15(18)12-8-6-4-3-5-7-9-12/h10,12H,3-9H2,1-2H3,(H,17,18). The highest BCUT2D eigenvalue weighted by Gasteiger charge is 2.23. The van der Waals surface area contributed by atoms with Crippen molar-refractivity contribution in [1.29, 1.82) is 0 Å². The molecular weight excluding hydrogens is 286 g/mol. The van der Waals surface area contributed by atoms with E-state index in [1.54, 1.807) is 0 Å². The molecule has 1 aliphatic carbocycles. The highest BCUT2D eigenvalue weighted by atomic mass is 32.1. The largest absolute Gasteiger partial charge is 0.465 e. The number of methoxy groups -OCH3 is 1. The number of anilines is 1. The minimum Gasteiger partial charge on any atom is -0.465 e. The van der Waals surface area contributed by atoms with Crippen molar-refractivity contribution < 1.29 is 14.3 Å². The van der Waals surface area contributed by atoms with Gasteiger partial charge in [0.2, 0.25) is 5.91 Å². The van der Waals surface area contributed by atoms with Gasteiger partial charge in [-0.15, -0.1) is 11.3 Å². The smallest absolute Gasteiger partial charge is 0.350 e. The van der Waals surface area contributed by atoms with E-state index in [-0.39, 0.29) is 17.8 Å². The predicted molar refractivity (Wildman–Crippen MR) is 84.8 cm³/mol. The monoisotopic (exact) mass is 309 g/mol. The molecule has 116 valence electrons. The molecule has 0 aliphatic heterocycles. The summed E-state index contributed by atoms with van der Waals surface area (Å²) in [5.41, 5.74) is 1.54. The Bertz CT molecular complexity index is 502. The average molecular weight is 309 g/mol. The van der Waals surface area contributed by atoms with Gasteiger partial charge in [-0.1, -0.05) is 32.1 Å². The first kappa shape index (κ1) is 16.0. The normalized spacial score (nSPS) is 16.9. The maximum atomic E-state index is 12.5. The van der Waals surface area contributed by atoms with Crippen LogP contribution in [0.25, 0.3) is 0 Å². The van der Waals surface area contributed by atoms with Gasteiger partial charge in [0.15, 0.2) is 0 Å². The number of amides is 1. The molecule has 1 saturated carbocycles. The number of hydrogen-bond donors (Lipinski definition) is 1. The Labute approximate surface area is 129 Å². The van der Waals surface area contributed by atoms with E-state index in [1.165, 1.54) is 37.7 Å². The molecule has 0 unspecified atom stereocenters. The Kier molecular flexibility index (Phi) is 5.79. The van der Waals surface area contributed by atoms with Gasteiger partial charge in [0.1, 0.15) is 4.88 Å². The SMILES string of the molecule is COC(=O)c1scc(C)c1NC(=O)C1CCCCCCC1. The van der Waals surface area contributed by atoms with Gasteiger partial charge in [-0.05, 0) is 30.7 Å². The second kappa shape index (κ2) is 7.59. The fraction of sp³-hybridized carbons (Fsp3) is 0.625. The summed E-state index contributed by atoms with van der Waals surface area (Å²) in [6.07, 6.45) is 7.84. The highest BCUT2D eigenvalue weighted by Crippen LogP contribution is 2.30. The summed E-state index contributed by atoms with van der Waals surface area (Å²) in [5, 5.41) is 4.84. The van der Waals surface area contributed by atoms with Gasteiger partial charge in [-0.3, -0.25) is 4.79 Å². The molecular formula is C16H23NO3S. The molecule has 0 radical (unpaired) electrons. The quantitative estimate of drug-likeness (QED) is 0.854. The van der Waals surface area contributed by atoms with E-state index < -0.39 is 0 Å². The van der Waals surface area contributed by atoms with Gasteiger partial charge in [0.25, 0.3) is 0 Å². The summed E-state index contributed by atoms with van der Waals surface area (Å²) in [5.74, 6) is -0.278. The Morgan fingerprint density at radius 1 is 1.19 bits per heavy atom. The van der Waals surface area contributed by atoms with Gasteiger partial charge in [0.05, 0.1) is 12.8 Å². The van der Waals surface area contributed by atoms with Crippen LogP contribution in [0.4, 0.5) is 5.69 Å². The number of carbonyl (C=O) groups excluding carboxylic acids is 2. The maximum Gasteiger partial charge on any atom is 0.350 e. The van der Waals surface area contributed by atoms with Crippen LogP contribution < -0.4 is 5.32 Å². The van der Waals surface area contributed by atoms with E-state index in [0.717, 1.165) is 31.2 Å². The lowest BCUT2D eigenvalue weighted by Gasteiger charge is -2.19. The van der Waals surface area contributed by atoms with E-state index >= 15 is 0 Å². The summed E-state index contributed by atoms with van der Waals surface area (Å²) < 4.78 is 4.77. The summed E-state index contributed by atoms with van der Waals surface area (Å²) in [6.45, 7) is 1.90. The molecule has 0 atom stereocenters. The Morgan fingerprint density at radius 3 is 2.43 bits per heavy atom. The number of rotatable bonds is 3. The van der Waals surface area contributed by atoms with E-state index in [1.807, 2.05) is 12.3 Å². The lowest BCUT2D eigenvalue weighted by molar-refractivity contribution is -0.120. The summed E-state index contributed by atoms with van der Waals surface area (Å²) >= 11 is 1.32. The molecule has 0 aromatic carbocycles. The van der Waals surface area contributed by atoms with Crippen LogP contribution >= 0.6 is 11.3 Å². The molecule has 1 fully saturated rings. The van der Waals surface area contributed by atoms with Crippen molar-refractivity contribution in [3.63, 3.8) is 0 Å². The van der Waals surface area contributed by atoms with Crippen LogP contribution in [-0.2, 0) is 9.53 Å². The molecule has 21 heavy (non-hydrogen) atoms. The van der Waals surface area contributed by atoms with E-state index in [4.69, 9.17) is 4.74 Å². The molecule has 1 amide bonds. The van der Waals surface area contributed by atoms with Crippen molar-refractivity contribution in [3.8, 4) is 0 Å². The molecule has 0 spiro atoms. The van der Waals surface area contributed by atoms with Crippen molar-refractivity contribution in [2.24, 2.45) is 5.92 Å². The molecule has 2 rings (SSSR count). The molecule has 1 aromatic heterocycles. The zero-order valence-electron chi connectivity index (χ0n) is 12.7. The number of ether oxygens (including phenoxy) is 1. The Morgan fingerprint density at radius 2 is 1.81 bits per heavy atom. The molecule has 5 heteroatoms. The van der Waals surface area contributed by atoms with Crippen LogP contribution in [0.5, 0.6) is 0 Å². The molecule has 1 aliphatic rings. The minimum absolute atomic E-state index is 0.0450. The third kappa shape index (κ3) is 4.06. The first-order valence-corrected chi connectivity index (χ1v) is 8.48. The Balaban J connectivity index is 2.08. The van der Waals surface area contributed by atoms with Gasteiger partial charge < -0.3 is 10.1 Å². The first-order chi connectivity index (χ1) is 10.1. The zero-order chi connectivity index (χ0) is 15.2. The third-order valence-electron chi connectivity index (χ3n) is 4.07.